The highest BCUT2D eigenvalue weighted by Gasteiger charge is 2.34. The lowest BCUT2D eigenvalue weighted by atomic mass is 10.1. The molecule has 1 amide bonds. The lowest BCUT2D eigenvalue weighted by Gasteiger charge is -2.16. The Kier molecular flexibility index (Phi) is 4.22. The van der Waals surface area contributed by atoms with Crippen LogP contribution in [-0.4, -0.2) is 57.8 Å². The molecule has 1 fully saturated rings. The number of aromatic nitrogens is 2. The topological polar surface area (TPSA) is 78.5 Å². The molecule has 0 spiro atoms. The number of aliphatic hydroxyl groups excluding tert-OH is 1. The van der Waals surface area contributed by atoms with Gasteiger partial charge in [0.05, 0.1) is 6.10 Å². The van der Waals surface area contributed by atoms with E-state index in [9.17, 15) is 9.90 Å². The molecular formula is C16H19N3O3. The van der Waals surface area contributed by atoms with E-state index in [4.69, 9.17) is 4.74 Å². The van der Waals surface area contributed by atoms with Crippen LogP contribution in [0, 0.1) is 0 Å². The number of rotatable bonds is 4. The van der Waals surface area contributed by atoms with Gasteiger partial charge >= 0.3 is 0 Å². The Morgan fingerprint density at radius 2 is 2.36 bits per heavy atom. The maximum atomic E-state index is 12.6. The number of nitrogens with zero attached hydrogens (tertiary/aromatic N) is 2. The van der Waals surface area contributed by atoms with Crippen molar-refractivity contribution in [2.75, 3.05) is 19.7 Å². The van der Waals surface area contributed by atoms with Gasteiger partial charge in [-0.3, -0.25) is 4.79 Å². The molecular weight excluding hydrogens is 282 g/mol. The normalized spacial score (nSPS) is 21.3. The molecule has 0 aliphatic carbocycles. The number of benzene rings is 1. The molecule has 6 heteroatoms. The Hall–Kier alpha value is -2.18. The first-order valence-electron chi connectivity index (χ1n) is 7.37. The highest BCUT2D eigenvalue weighted by molar-refractivity contribution is 5.95. The largest absolute Gasteiger partial charge is 0.388 e. The summed E-state index contributed by atoms with van der Waals surface area (Å²) >= 11 is 0. The molecule has 2 N–H and O–H groups in total. The lowest BCUT2D eigenvalue weighted by molar-refractivity contribution is -0.00237. The van der Waals surface area contributed by atoms with E-state index in [1.54, 1.807) is 23.4 Å². The third-order valence-corrected chi connectivity index (χ3v) is 3.79. The highest BCUT2D eigenvalue weighted by atomic mass is 16.5. The molecule has 2 aromatic rings. The van der Waals surface area contributed by atoms with Crippen molar-refractivity contribution in [3.63, 3.8) is 0 Å². The molecule has 1 aliphatic heterocycles. The molecule has 0 saturated carbocycles. The summed E-state index contributed by atoms with van der Waals surface area (Å²) in [6.07, 6.45) is 2.49. The van der Waals surface area contributed by atoms with E-state index in [0.717, 1.165) is 11.4 Å². The number of carbonyl (C=O) groups excluding carboxylic acids is 1. The Bertz CT molecular complexity index is 642. The van der Waals surface area contributed by atoms with Crippen LogP contribution in [0.5, 0.6) is 0 Å². The van der Waals surface area contributed by atoms with Crippen LogP contribution in [-0.2, 0) is 4.74 Å². The van der Waals surface area contributed by atoms with Gasteiger partial charge in [0.15, 0.2) is 0 Å². The Labute approximate surface area is 128 Å². The first-order valence-corrected chi connectivity index (χ1v) is 7.37. The Balaban J connectivity index is 1.77. The fourth-order valence-corrected chi connectivity index (χ4v) is 2.71. The number of aliphatic hydroxyl groups is 1. The zero-order valence-corrected chi connectivity index (χ0v) is 12.4. The van der Waals surface area contributed by atoms with E-state index in [2.05, 4.69) is 9.97 Å². The number of ether oxygens (including phenoxy) is 1. The van der Waals surface area contributed by atoms with Crippen molar-refractivity contribution in [2.45, 2.75) is 19.1 Å². The highest BCUT2D eigenvalue weighted by Crippen LogP contribution is 2.20. The van der Waals surface area contributed by atoms with E-state index in [0.29, 0.717) is 25.3 Å². The van der Waals surface area contributed by atoms with Gasteiger partial charge in [0, 0.05) is 43.2 Å². The van der Waals surface area contributed by atoms with Crippen molar-refractivity contribution < 1.29 is 14.6 Å². The van der Waals surface area contributed by atoms with Gasteiger partial charge in [-0.05, 0) is 19.1 Å². The summed E-state index contributed by atoms with van der Waals surface area (Å²) in [7, 11) is 0. The molecule has 3 rings (SSSR count). The van der Waals surface area contributed by atoms with Crippen molar-refractivity contribution in [2.24, 2.45) is 0 Å². The second kappa shape index (κ2) is 6.29. The first-order chi connectivity index (χ1) is 10.7. The van der Waals surface area contributed by atoms with Gasteiger partial charge in [0.1, 0.15) is 11.9 Å². The first kappa shape index (κ1) is 14.7. The molecule has 0 bridgehead atoms. The number of H-pyrrole nitrogens is 1. The Morgan fingerprint density at radius 1 is 1.50 bits per heavy atom. The summed E-state index contributed by atoms with van der Waals surface area (Å²) in [5.74, 6) is 0.623. The van der Waals surface area contributed by atoms with Crippen molar-refractivity contribution in [1.82, 2.24) is 14.9 Å². The lowest BCUT2D eigenvalue weighted by Crippen LogP contribution is -2.30. The van der Waals surface area contributed by atoms with Crippen LogP contribution < -0.4 is 0 Å². The van der Waals surface area contributed by atoms with Gasteiger partial charge < -0.3 is 19.7 Å². The summed E-state index contributed by atoms with van der Waals surface area (Å²) in [4.78, 5) is 21.4. The fraction of sp³-hybridized carbons (Fsp3) is 0.375. The minimum atomic E-state index is -0.628. The summed E-state index contributed by atoms with van der Waals surface area (Å²) < 4.78 is 5.46. The standard InChI is InChI=1S/C16H19N3O3/c1-2-22-14-10-19(9-13(14)20)16(21)12-5-3-4-11(8-12)15-17-6-7-18-15/h3-8,13-14,20H,2,9-10H2,1H3,(H,17,18)/t13-,14-/m1/s1. The zero-order chi connectivity index (χ0) is 15.5. The molecule has 1 aromatic carbocycles. The van der Waals surface area contributed by atoms with E-state index in [1.807, 2.05) is 25.1 Å². The van der Waals surface area contributed by atoms with Crippen LogP contribution in [0.15, 0.2) is 36.7 Å². The van der Waals surface area contributed by atoms with Crippen LogP contribution >= 0.6 is 0 Å². The predicted octanol–water partition coefficient (Wildman–Crippen LogP) is 1.30. The van der Waals surface area contributed by atoms with Gasteiger partial charge in [-0.15, -0.1) is 0 Å². The number of nitrogens with one attached hydrogen (secondary N) is 1. The summed E-state index contributed by atoms with van der Waals surface area (Å²) in [5, 5.41) is 9.96. The molecule has 1 saturated heterocycles. The zero-order valence-electron chi connectivity index (χ0n) is 12.4. The summed E-state index contributed by atoms with van der Waals surface area (Å²) in [5.41, 5.74) is 1.44. The van der Waals surface area contributed by atoms with E-state index < -0.39 is 6.10 Å². The van der Waals surface area contributed by atoms with Crippen molar-refractivity contribution in [3.05, 3.63) is 42.2 Å². The van der Waals surface area contributed by atoms with Gasteiger partial charge in [-0.1, -0.05) is 12.1 Å². The van der Waals surface area contributed by atoms with Crippen LogP contribution in [0.2, 0.25) is 0 Å². The van der Waals surface area contributed by atoms with Crippen molar-refractivity contribution in [1.29, 1.82) is 0 Å². The molecule has 1 aliphatic rings. The maximum absolute atomic E-state index is 12.6. The molecule has 2 heterocycles. The number of hydrogen-bond acceptors (Lipinski definition) is 4. The summed E-state index contributed by atoms with van der Waals surface area (Å²) in [6.45, 7) is 3.12. The van der Waals surface area contributed by atoms with E-state index >= 15 is 0 Å². The quantitative estimate of drug-likeness (QED) is 0.892. The Morgan fingerprint density at radius 3 is 3.09 bits per heavy atom. The number of amides is 1. The van der Waals surface area contributed by atoms with Crippen LogP contribution in [0.4, 0.5) is 0 Å². The van der Waals surface area contributed by atoms with Crippen molar-refractivity contribution >= 4 is 5.91 Å². The van der Waals surface area contributed by atoms with Crippen LogP contribution in [0.3, 0.4) is 0 Å². The second-order valence-electron chi connectivity index (χ2n) is 5.29. The van der Waals surface area contributed by atoms with Crippen molar-refractivity contribution in [3.8, 4) is 11.4 Å². The van der Waals surface area contributed by atoms with Gasteiger partial charge in [-0.25, -0.2) is 4.98 Å². The molecule has 22 heavy (non-hydrogen) atoms. The third-order valence-electron chi connectivity index (χ3n) is 3.79. The second-order valence-corrected chi connectivity index (χ2v) is 5.29. The average Bonchev–Trinajstić information content (AvgIpc) is 3.18. The molecule has 0 unspecified atom stereocenters. The molecule has 1 aromatic heterocycles. The smallest absolute Gasteiger partial charge is 0.254 e. The number of likely N-dealkylation sites (tertiary alicyclic amines) is 1. The van der Waals surface area contributed by atoms with Crippen LogP contribution in [0.1, 0.15) is 17.3 Å². The molecule has 6 nitrogen and oxygen atoms in total. The summed E-state index contributed by atoms with van der Waals surface area (Å²) in [6, 6.07) is 7.31. The third kappa shape index (κ3) is 2.88. The fourth-order valence-electron chi connectivity index (χ4n) is 2.71. The molecule has 2 atom stereocenters. The van der Waals surface area contributed by atoms with E-state index in [-0.39, 0.29) is 12.0 Å². The minimum Gasteiger partial charge on any atom is -0.388 e. The number of aromatic amines is 1. The average molecular weight is 301 g/mol. The molecule has 116 valence electrons. The number of β-amino-alcohol motifs (C(OH)–C–C–N with tert-alkyl or cyclic N) is 1. The monoisotopic (exact) mass is 301 g/mol. The number of imidazole rings is 1. The maximum Gasteiger partial charge on any atom is 0.254 e. The van der Waals surface area contributed by atoms with Gasteiger partial charge in [0.25, 0.3) is 5.91 Å². The molecule has 0 radical (unpaired) electrons. The SMILES string of the molecule is CCO[C@@H]1CN(C(=O)c2cccc(-c3ncc[nH]3)c2)C[C@H]1O. The van der Waals surface area contributed by atoms with Gasteiger partial charge in [0.2, 0.25) is 0 Å². The number of hydrogen-bond donors (Lipinski definition) is 2. The number of carbonyl (C=O) groups is 1. The van der Waals surface area contributed by atoms with E-state index in [1.165, 1.54) is 0 Å². The predicted molar refractivity (Wildman–Crippen MR) is 81.3 cm³/mol. The minimum absolute atomic E-state index is 0.102. The van der Waals surface area contributed by atoms with Gasteiger partial charge in [-0.2, -0.15) is 0 Å². The van der Waals surface area contributed by atoms with Crippen LogP contribution in [0.25, 0.3) is 11.4 Å².